The highest BCUT2D eigenvalue weighted by Gasteiger charge is 2.15. The Hall–Kier alpha value is -0.0200. The predicted molar refractivity (Wildman–Crippen MR) is 88.2 cm³/mol. The molecular weight excluding hydrogens is 354 g/mol. The molecule has 1 N–H and O–H groups in total. The third-order valence-electron chi connectivity index (χ3n) is 2.82. The van der Waals surface area contributed by atoms with E-state index < -0.39 is 0 Å². The van der Waals surface area contributed by atoms with Crippen molar-refractivity contribution in [3.05, 3.63) is 27.1 Å². The summed E-state index contributed by atoms with van der Waals surface area (Å²) in [5, 5.41) is 3.68. The molecule has 0 fully saturated rings. The zero-order valence-corrected chi connectivity index (χ0v) is 14.8. The highest BCUT2D eigenvalue weighted by atomic mass is 79.9. The first-order valence-corrected chi connectivity index (χ1v) is 8.19. The highest BCUT2D eigenvalue weighted by Crippen LogP contribution is 2.32. The lowest BCUT2D eigenvalue weighted by Crippen LogP contribution is -2.24. The molecule has 0 amide bonds. The third-order valence-corrected chi connectivity index (χ3v) is 4.14. The van der Waals surface area contributed by atoms with Gasteiger partial charge in [-0.1, -0.05) is 33.8 Å². The number of hydrogen-bond donors (Lipinski definition) is 1. The molecule has 1 aromatic rings. The normalized spacial score (nSPS) is 11.6. The summed E-state index contributed by atoms with van der Waals surface area (Å²) in [6, 6.07) is 6.73. The van der Waals surface area contributed by atoms with E-state index in [1.54, 1.807) is 0 Å². The summed E-state index contributed by atoms with van der Waals surface area (Å²) >= 11 is 7.23. The van der Waals surface area contributed by atoms with E-state index in [9.17, 15) is 0 Å². The summed E-state index contributed by atoms with van der Waals surface area (Å²) in [7, 11) is 0. The monoisotopic (exact) mass is 375 g/mol. The van der Waals surface area contributed by atoms with Crippen molar-refractivity contribution in [3.8, 4) is 0 Å². The maximum atomic E-state index is 3.68. The van der Waals surface area contributed by atoms with Crippen LogP contribution in [0.4, 0.5) is 5.69 Å². The van der Waals surface area contributed by atoms with E-state index in [1.165, 1.54) is 18.5 Å². The van der Waals surface area contributed by atoms with Gasteiger partial charge in [-0.25, -0.2) is 0 Å². The summed E-state index contributed by atoms with van der Waals surface area (Å²) in [5.41, 5.74) is 1.17. The molecule has 0 saturated heterocycles. The van der Waals surface area contributed by atoms with Crippen molar-refractivity contribution in [2.75, 3.05) is 5.32 Å². The van der Waals surface area contributed by atoms with Gasteiger partial charge in [-0.3, -0.25) is 0 Å². The molecule has 102 valence electrons. The van der Waals surface area contributed by atoms with Crippen LogP contribution in [0.5, 0.6) is 0 Å². The molecule has 1 aromatic carbocycles. The average Bonchev–Trinajstić information content (AvgIpc) is 2.21. The molecule has 18 heavy (non-hydrogen) atoms. The number of halogens is 2. The number of rotatable bonds is 6. The van der Waals surface area contributed by atoms with Gasteiger partial charge < -0.3 is 5.32 Å². The fourth-order valence-corrected chi connectivity index (χ4v) is 3.42. The summed E-state index contributed by atoms with van der Waals surface area (Å²) < 4.78 is 2.24. The Bertz CT molecular complexity index is 345. The van der Waals surface area contributed by atoms with Crippen molar-refractivity contribution < 1.29 is 0 Å². The Labute approximate surface area is 128 Å². The summed E-state index contributed by atoms with van der Waals surface area (Å²) in [4.78, 5) is 0. The van der Waals surface area contributed by atoms with Crippen LogP contribution in [0.3, 0.4) is 0 Å². The van der Waals surface area contributed by atoms with E-state index in [0.29, 0.717) is 17.9 Å². The van der Waals surface area contributed by atoms with E-state index in [0.717, 1.165) is 8.95 Å². The Kier molecular flexibility index (Phi) is 6.72. The summed E-state index contributed by atoms with van der Waals surface area (Å²) in [5.74, 6) is 1.42. The number of nitrogens with one attached hydrogen (secondary N) is 1. The van der Waals surface area contributed by atoms with Crippen molar-refractivity contribution in [1.29, 1.82) is 0 Å². The lowest BCUT2D eigenvalue weighted by atomic mass is 9.95. The third kappa shape index (κ3) is 5.31. The predicted octanol–water partition coefficient (Wildman–Crippen LogP) is 6.08. The van der Waals surface area contributed by atoms with Crippen molar-refractivity contribution in [2.45, 2.75) is 46.6 Å². The molecule has 0 aromatic heterocycles. The number of anilines is 1. The van der Waals surface area contributed by atoms with Crippen molar-refractivity contribution in [3.63, 3.8) is 0 Å². The van der Waals surface area contributed by atoms with E-state index in [-0.39, 0.29) is 0 Å². The Morgan fingerprint density at radius 2 is 1.39 bits per heavy atom. The molecule has 0 spiro atoms. The van der Waals surface area contributed by atoms with Gasteiger partial charge in [0.15, 0.2) is 0 Å². The molecule has 1 rings (SSSR count). The van der Waals surface area contributed by atoms with Gasteiger partial charge in [0.25, 0.3) is 0 Å². The maximum Gasteiger partial charge on any atom is 0.0631 e. The molecule has 0 aliphatic carbocycles. The fourth-order valence-electron chi connectivity index (χ4n) is 2.19. The van der Waals surface area contributed by atoms with Gasteiger partial charge >= 0.3 is 0 Å². The van der Waals surface area contributed by atoms with Crippen molar-refractivity contribution >= 4 is 37.5 Å². The van der Waals surface area contributed by atoms with Gasteiger partial charge in [0.1, 0.15) is 0 Å². The first-order chi connectivity index (χ1) is 8.40. The van der Waals surface area contributed by atoms with Crippen LogP contribution >= 0.6 is 31.9 Å². The van der Waals surface area contributed by atoms with Crippen LogP contribution in [0, 0.1) is 11.8 Å². The SMILES string of the molecule is CC(C)CC(CC(C)C)Nc1c(Br)cccc1Br. The van der Waals surface area contributed by atoms with Crippen LogP contribution in [0.2, 0.25) is 0 Å². The van der Waals surface area contributed by atoms with Crippen LogP contribution in [0.25, 0.3) is 0 Å². The van der Waals surface area contributed by atoms with Gasteiger partial charge in [0, 0.05) is 15.0 Å². The standard InChI is InChI=1S/C15H23Br2N/c1-10(2)8-12(9-11(3)4)18-15-13(16)6-5-7-14(15)17/h5-7,10-12,18H,8-9H2,1-4H3. The van der Waals surface area contributed by atoms with Gasteiger partial charge in [-0.2, -0.15) is 0 Å². The molecule has 0 unspecified atom stereocenters. The largest absolute Gasteiger partial charge is 0.380 e. The molecule has 0 aliphatic rings. The molecule has 0 radical (unpaired) electrons. The van der Waals surface area contributed by atoms with Gasteiger partial charge in [0.2, 0.25) is 0 Å². The first-order valence-electron chi connectivity index (χ1n) is 6.60. The van der Waals surface area contributed by atoms with Crippen molar-refractivity contribution in [1.82, 2.24) is 0 Å². The lowest BCUT2D eigenvalue weighted by Gasteiger charge is -2.24. The van der Waals surface area contributed by atoms with Gasteiger partial charge in [-0.15, -0.1) is 0 Å². The van der Waals surface area contributed by atoms with Crippen LogP contribution in [0.15, 0.2) is 27.1 Å². The molecule has 0 atom stereocenters. The molecule has 0 aliphatic heterocycles. The second kappa shape index (κ2) is 7.54. The topological polar surface area (TPSA) is 12.0 Å². The number of para-hydroxylation sites is 1. The molecule has 3 heteroatoms. The second-order valence-corrected chi connectivity index (χ2v) is 7.41. The highest BCUT2D eigenvalue weighted by molar-refractivity contribution is 9.11. The lowest BCUT2D eigenvalue weighted by molar-refractivity contribution is 0.442. The Morgan fingerprint density at radius 1 is 0.944 bits per heavy atom. The van der Waals surface area contributed by atoms with Gasteiger partial charge in [0.05, 0.1) is 5.69 Å². The number of benzene rings is 1. The molecule has 0 heterocycles. The average molecular weight is 377 g/mol. The van der Waals surface area contributed by atoms with Crippen molar-refractivity contribution in [2.24, 2.45) is 11.8 Å². The smallest absolute Gasteiger partial charge is 0.0631 e. The molecule has 1 nitrogen and oxygen atoms in total. The Morgan fingerprint density at radius 3 is 1.78 bits per heavy atom. The zero-order valence-electron chi connectivity index (χ0n) is 11.6. The summed E-state index contributed by atoms with van der Waals surface area (Å²) in [6.07, 6.45) is 2.40. The van der Waals surface area contributed by atoms with E-state index >= 15 is 0 Å². The maximum absolute atomic E-state index is 3.68. The van der Waals surface area contributed by atoms with Crippen LogP contribution in [0.1, 0.15) is 40.5 Å². The fraction of sp³-hybridized carbons (Fsp3) is 0.600. The van der Waals surface area contributed by atoms with E-state index in [1.807, 2.05) is 6.07 Å². The van der Waals surface area contributed by atoms with Crippen LogP contribution < -0.4 is 5.32 Å². The quantitative estimate of drug-likeness (QED) is 0.633. The van der Waals surface area contributed by atoms with Crippen LogP contribution in [-0.4, -0.2) is 6.04 Å². The second-order valence-electron chi connectivity index (χ2n) is 5.70. The molecule has 0 bridgehead atoms. The molecule has 0 saturated carbocycles. The Balaban J connectivity index is 2.81. The minimum absolute atomic E-state index is 0.528. The minimum atomic E-state index is 0.528. The molecular formula is C15H23Br2N. The zero-order chi connectivity index (χ0) is 13.7. The van der Waals surface area contributed by atoms with Crippen LogP contribution in [-0.2, 0) is 0 Å². The first kappa shape index (κ1) is 16.0. The number of hydrogen-bond acceptors (Lipinski definition) is 1. The van der Waals surface area contributed by atoms with E-state index in [4.69, 9.17) is 0 Å². The minimum Gasteiger partial charge on any atom is -0.380 e. The van der Waals surface area contributed by atoms with E-state index in [2.05, 4.69) is 77.0 Å². The van der Waals surface area contributed by atoms with Gasteiger partial charge in [-0.05, 0) is 68.7 Å². The summed E-state index contributed by atoms with van der Waals surface area (Å²) in [6.45, 7) is 9.13.